The number of benzene rings is 1. The number of anilines is 2. The van der Waals surface area contributed by atoms with E-state index in [1.54, 1.807) is 30.3 Å². The van der Waals surface area contributed by atoms with Crippen LogP contribution in [0.15, 0.2) is 46.6 Å². The van der Waals surface area contributed by atoms with Crippen molar-refractivity contribution in [2.75, 3.05) is 31.4 Å². The Morgan fingerprint density at radius 3 is 2.61 bits per heavy atom. The van der Waals surface area contributed by atoms with Gasteiger partial charge in [0.1, 0.15) is 17.2 Å². The van der Waals surface area contributed by atoms with Gasteiger partial charge in [-0.3, -0.25) is 4.79 Å². The summed E-state index contributed by atoms with van der Waals surface area (Å²) in [5.74, 6) is 0.301. The summed E-state index contributed by atoms with van der Waals surface area (Å²) >= 11 is 0. The summed E-state index contributed by atoms with van der Waals surface area (Å²) in [7, 11) is 1.44. The number of rotatable bonds is 10. The van der Waals surface area contributed by atoms with E-state index >= 15 is 0 Å². The summed E-state index contributed by atoms with van der Waals surface area (Å²) in [4.78, 5) is 27.3. The lowest BCUT2D eigenvalue weighted by molar-refractivity contribution is -0.117. The molecule has 0 radical (unpaired) electrons. The molecule has 1 heterocycles. The summed E-state index contributed by atoms with van der Waals surface area (Å²) in [5.41, 5.74) is 17.8. The van der Waals surface area contributed by atoms with Crippen molar-refractivity contribution in [3.05, 3.63) is 36.4 Å². The number of ether oxygens (including phenoxy) is 2. The van der Waals surface area contributed by atoms with Crippen LogP contribution in [0.2, 0.25) is 0 Å². The summed E-state index contributed by atoms with van der Waals surface area (Å²) in [6, 6.07) is 9.21. The minimum atomic E-state index is -0.685. The van der Waals surface area contributed by atoms with Crippen LogP contribution >= 0.6 is 0 Å². The number of nitrogens with zero attached hydrogens (tertiary/aromatic N) is 3. The molecule has 1 atom stereocenters. The average molecular weight is 430 g/mol. The zero-order valence-electron chi connectivity index (χ0n) is 17.1. The molecule has 0 aliphatic heterocycles. The minimum Gasteiger partial charge on any atom is -0.455 e. The van der Waals surface area contributed by atoms with Gasteiger partial charge in [0.05, 0.1) is 6.04 Å². The predicted octanol–water partition coefficient (Wildman–Crippen LogP) is 1.78. The molecule has 2 aromatic rings. The molecular formula is C19H26N8O4. The molecule has 2 amide bonds. The molecular weight excluding hydrogens is 404 g/mol. The van der Waals surface area contributed by atoms with Crippen LogP contribution in [0.5, 0.6) is 5.75 Å². The molecule has 0 saturated carbocycles. The van der Waals surface area contributed by atoms with Crippen LogP contribution in [0, 0.1) is 0 Å². The van der Waals surface area contributed by atoms with Crippen molar-refractivity contribution >= 4 is 35.0 Å². The fourth-order valence-corrected chi connectivity index (χ4v) is 2.30. The Morgan fingerprint density at radius 2 is 1.90 bits per heavy atom. The van der Waals surface area contributed by atoms with E-state index in [4.69, 9.17) is 26.7 Å². The highest BCUT2D eigenvalue weighted by Crippen LogP contribution is 2.30. The number of carbonyl (C=O) groups excluding carboxylic acids is 2. The number of aromatic nitrogens is 1. The molecule has 0 saturated heterocycles. The molecule has 166 valence electrons. The molecule has 0 unspecified atom stereocenters. The van der Waals surface area contributed by atoms with Crippen molar-refractivity contribution in [3.8, 4) is 5.75 Å². The smallest absolute Gasteiger partial charge is 0.409 e. The number of para-hydroxylation sites is 1. The number of nitrogen functional groups attached to an aromatic ring is 1. The van der Waals surface area contributed by atoms with Gasteiger partial charge in [0, 0.05) is 7.05 Å². The highest BCUT2D eigenvalue weighted by molar-refractivity contribution is 5.94. The van der Waals surface area contributed by atoms with E-state index < -0.39 is 12.1 Å². The summed E-state index contributed by atoms with van der Waals surface area (Å²) in [5, 5.41) is 13.1. The van der Waals surface area contributed by atoms with Crippen LogP contribution in [0.1, 0.15) is 12.8 Å². The topological polar surface area (TPSA) is 192 Å². The Hall–Kier alpha value is -3.77. The number of alkyl carbamates (subject to hydrolysis) is 1. The van der Waals surface area contributed by atoms with Crippen LogP contribution in [-0.4, -0.2) is 43.4 Å². The van der Waals surface area contributed by atoms with Crippen LogP contribution in [0.3, 0.4) is 0 Å². The Balaban J connectivity index is 2.03. The second-order valence-electron chi connectivity index (χ2n) is 6.24. The second kappa shape index (κ2) is 12.0. The maximum absolute atomic E-state index is 12.1. The van der Waals surface area contributed by atoms with Crippen molar-refractivity contribution < 1.29 is 19.1 Å². The molecule has 12 nitrogen and oxygen atoms in total. The van der Waals surface area contributed by atoms with Gasteiger partial charge in [0.2, 0.25) is 12.7 Å². The fourth-order valence-electron chi connectivity index (χ4n) is 2.30. The maximum Gasteiger partial charge on any atom is 0.409 e. The van der Waals surface area contributed by atoms with E-state index in [0.29, 0.717) is 36.5 Å². The average Bonchev–Trinajstić information content (AvgIpc) is 2.77. The summed E-state index contributed by atoms with van der Waals surface area (Å²) in [6.45, 7) is 0.166. The molecule has 8 N–H and O–H groups in total. The molecule has 0 bridgehead atoms. The Kier molecular flexibility index (Phi) is 9.13. The maximum atomic E-state index is 12.1. The van der Waals surface area contributed by atoms with Crippen LogP contribution in [0.4, 0.5) is 27.8 Å². The van der Waals surface area contributed by atoms with Gasteiger partial charge >= 0.3 is 6.09 Å². The molecule has 31 heavy (non-hydrogen) atoms. The zero-order valence-corrected chi connectivity index (χ0v) is 17.1. The van der Waals surface area contributed by atoms with E-state index in [1.807, 2.05) is 0 Å². The Morgan fingerprint density at radius 1 is 1.16 bits per heavy atom. The van der Waals surface area contributed by atoms with Gasteiger partial charge in [-0.15, -0.1) is 10.2 Å². The third-order valence-electron chi connectivity index (χ3n) is 3.95. The van der Waals surface area contributed by atoms with Gasteiger partial charge in [-0.05, 0) is 43.7 Å². The third kappa shape index (κ3) is 7.53. The number of amides is 2. The lowest BCUT2D eigenvalue weighted by atomic mass is 10.1. The van der Waals surface area contributed by atoms with Crippen LogP contribution < -0.4 is 32.6 Å². The monoisotopic (exact) mass is 430 g/mol. The lowest BCUT2D eigenvalue weighted by Crippen LogP contribution is -2.36. The molecule has 1 aromatic heterocycles. The minimum absolute atomic E-state index is 0.0680. The van der Waals surface area contributed by atoms with Gasteiger partial charge in [0.15, 0.2) is 11.6 Å². The number of carbonyl (C=O) groups is 2. The molecule has 0 spiro atoms. The molecule has 12 heteroatoms. The number of nitrogens with two attached hydrogens (primary N) is 3. The van der Waals surface area contributed by atoms with E-state index in [0.717, 1.165) is 0 Å². The van der Waals surface area contributed by atoms with E-state index in [-0.39, 0.29) is 24.3 Å². The SMILES string of the molecule is CNC(=O)OCOc1ccccc1/N=N/c1ccc(NC(=O)[C@@H](N)CCCN)nc1N. The van der Waals surface area contributed by atoms with Crippen molar-refractivity contribution in [2.24, 2.45) is 21.7 Å². The first-order valence-electron chi connectivity index (χ1n) is 9.45. The first-order valence-corrected chi connectivity index (χ1v) is 9.45. The van der Waals surface area contributed by atoms with E-state index in [9.17, 15) is 9.59 Å². The highest BCUT2D eigenvalue weighted by Gasteiger charge is 2.14. The van der Waals surface area contributed by atoms with Crippen molar-refractivity contribution in [1.29, 1.82) is 0 Å². The molecule has 0 aliphatic carbocycles. The number of nitrogens with one attached hydrogen (secondary N) is 2. The number of pyridine rings is 1. The van der Waals surface area contributed by atoms with Crippen LogP contribution in [-0.2, 0) is 9.53 Å². The molecule has 1 aromatic carbocycles. The first-order chi connectivity index (χ1) is 14.9. The second-order valence-corrected chi connectivity index (χ2v) is 6.24. The van der Waals surface area contributed by atoms with Crippen molar-refractivity contribution in [2.45, 2.75) is 18.9 Å². The van der Waals surface area contributed by atoms with Gasteiger partial charge in [-0.25, -0.2) is 9.78 Å². The molecule has 0 aliphatic rings. The van der Waals surface area contributed by atoms with Crippen molar-refractivity contribution in [1.82, 2.24) is 10.3 Å². The largest absolute Gasteiger partial charge is 0.455 e. The zero-order chi connectivity index (χ0) is 22.6. The van der Waals surface area contributed by atoms with E-state index in [1.165, 1.54) is 13.1 Å². The highest BCUT2D eigenvalue weighted by atomic mass is 16.7. The Bertz CT molecular complexity index is 922. The third-order valence-corrected chi connectivity index (χ3v) is 3.95. The predicted molar refractivity (Wildman–Crippen MR) is 115 cm³/mol. The number of hydrogen-bond acceptors (Lipinski definition) is 10. The lowest BCUT2D eigenvalue weighted by Gasteiger charge is -2.11. The normalized spacial score (nSPS) is 11.7. The van der Waals surface area contributed by atoms with E-state index in [2.05, 4.69) is 25.8 Å². The number of azo groups is 1. The van der Waals surface area contributed by atoms with Gasteiger partial charge in [-0.2, -0.15) is 0 Å². The first kappa shape index (κ1) is 23.5. The quantitative estimate of drug-likeness (QED) is 0.278. The van der Waals surface area contributed by atoms with Gasteiger partial charge in [0.25, 0.3) is 0 Å². The number of hydrogen-bond donors (Lipinski definition) is 5. The summed E-state index contributed by atoms with van der Waals surface area (Å²) < 4.78 is 10.2. The summed E-state index contributed by atoms with van der Waals surface area (Å²) in [6.07, 6.45) is 0.497. The van der Waals surface area contributed by atoms with Gasteiger partial charge in [-0.1, -0.05) is 12.1 Å². The van der Waals surface area contributed by atoms with Gasteiger partial charge < -0.3 is 37.3 Å². The fraction of sp³-hybridized carbons (Fsp3) is 0.316. The molecule has 0 fully saturated rings. The Labute approximate surface area is 179 Å². The molecule has 2 rings (SSSR count). The van der Waals surface area contributed by atoms with Crippen LogP contribution in [0.25, 0.3) is 0 Å². The van der Waals surface area contributed by atoms with Crippen molar-refractivity contribution in [3.63, 3.8) is 0 Å². The standard InChI is InChI=1S/C19H26N8O4/c1-23-19(29)31-11-30-15-7-3-2-6-13(15)26-27-14-8-9-16(24-17(14)22)25-18(28)12(21)5-4-10-20/h2-3,6-9,12H,4-5,10-11,20-21H2,1H3,(H,23,29)(H3,22,24,25,28)/b27-26+/t12-/m0/s1.